The lowest BCUT2D eigenvalue weighted by Gasteiger charge is -2.46. The highest BCUT2D eigenvalue weighted by Crippen LogP contribution is 2.46. The van der Waals surface area contributed by atoms with Crippen molar-refractivity contribution in [2.75, 3.05) is 13.1 Å². The third-order valence-corrected chi connectivity index (χ3v) is 6.36. The van der Waals surface area contributed by atoms with Crippen LogP contribution in [0.5, 0.6) is 0 Å². The van der Waals surface area contributed by atoms with Crippen LogP contribution in [0, 0.1) is 5.92 Å². The van der Waals surface area contributed by atoms with E-state index in [1.54, 1.807) is 0 Å². The summed E-state index contributed by atoms with van der Waals surface area (Å²) in [7, 11) is 0. The first kappa shape index (κ1) is 17.3. The molecule has 1 amide bonds. The number of piperidine rings is 1. The first-order chi connectivity index (χ1) is 12.7. The smallest absolute Gasteiger partial charge is 0.233 e. The molecule has 1 saturated heterocycles. The van der Waals surface area contributed by atoms with Crippen molar-refractivity contribution >= 4 is 5.91 Å². The van der Waals surface area contributed by atoms with E-state index in [0.29, 0.717) is 5.91 Å². The summed E-state index contributed by atoms with van der Waals surface area (Å²) in [6.45, 7) is 1.50. The Balaban J connectivity index is 1.42. The maximum Gasteiger partial charge on any atom is 0.233 e. The van der Waals surface area contributed by atoms with Crippen molar-refractivity contribution in [2.24, 2.45) is 5.92 Å². The van der Waals surface area contributed by atoms with Crippen molar-refractivity contribution in [3.8, 4) is 0 Å². The van der Waals surface area contributed by atoms with Crippen LogP contribution >= 0.6 is 0 Å². The van der Waals surface area contributed by atoms with E-state index in [4.69, 9.17) is 0 Å². The van der Waals surface area contributed by atoms with E-state index in [9.17, 15) is 9.90 Å². The van der Waals surface area contributed by atoms with Crippen molar-refractivity contribution in [2.45, 2.75) is 43.6 Å². The lowest BCUT2D eigenvalue weighted by atomic mass is 9.63. The molecule has 1 aliphatic heterocycles. The van der Waals surface area contributed by atoms with E-state index in [2.05, 4.69) is 12.1 Å². The second-order valence-electron chi connectivity index (χ2n) is 7.79. The molecule has 136 valence electrons. The molecule has 1 saturated carbocycles. The first-order valence-electron chi connectivity index (χ1n) is 9.79. The van der Waals surface area contributed by atoms with E-state index in [1.807, 2.05) is 53.4 Å². The predicted octanol–water partition coefficient (Wildman–Crippen LogP) is 4.08. The average Bonchev–Trinajstić information content (AvgIpc) is 2.68. The van der Waals surface area contributed by atoms with Gasteiger partial charge in [-0.2, -0.15) is 0 Å². The van der Waals surface area contributed by atoms with Crippen molar-refractivity contribution in [1.29, 1.82) is 0 Å². The van der Waals surface area contributed by atoms with Gasteiger partial charge < -0.3 is 10.0 Å². The van der Waals surface area contributed by atoms with Gasteiger partial charge in [-0.3, -0.25) is 4.79 Å². The van der Waals surface area contributed by atoms with E-state index >= 15 is 0 Å². The number of carbonyl (C=O) groups is 1. The zero-order chi connectivity index (χ0) is 18.0. The molecule has 2 aromatic rings. The number of amides is 1. The zero-order valence-corrected chi connectivity index (χ0v) is 15.2. The van der Waals surface area contributed by atoms with E-state index in [1.165, 1.54) is 5.56 Å². The number of hydrogen-bond donors (Lipinski definition) is 1. The highest BCUT2D eigenvalue weighted by molar-refractivity contribution is 5.89. The Labute approximate surface area is 155 Å². The minimum Gasteiger partial charge on any atom is -0.388 e. The Morgan fingerprint density at radius 3 is 2.08 bits per heavy atom. The van der Waals surface area contributed by atoms with Crippen LogP contribution < -0.4 is 0 Å². The number of aliphatic hydroxyl groups excluding tert-OH is 1. The molecule has 4 rings (SSSR count). The van der Waals surface area contributed by atoms with Gasteiger partial charge in [-0.1, -0.05) is 67.1 Å². The third-order valence-electron chi connectivity index (χ3n) is 6.36. The van der Waals surface area contributed by atoms with Crippen molar-refractivity contribution in [1.82, 2.24) is 4.90 Å². The molecule has 3 heteroatoms. The number of rotatable bonds is 4. The van der Waals surface area contributed by atoms with Gasteiger partial charge >= 0.3 is 0 Å². The Kier molecular flexibility index (Phi) is 4.82. The van der Waals surface area contributed by atoms with E-state index in [-0.39, 0.29) is 11.3 Å². The quantitative estimate of drug-likeness (QED) is 0.903. The summed E-state index contributed by atoms with van der Waals surface area (Å²) in [5.74, 6) is 0.526. The van der Waals surface area contributed by atoms with E-state index < -0.39 is 6.10 Å². The molecule has 2 aliphatic rings. The maximum absolute atomic E-state index is 13.3. The number of nitrogens with zero attached hydrogens (tertiary/aromatic N) is 1. The van der Waals surface area contributed by atoms with Crippen molar-refractivity contribution < 1.29 is 9.90 Å². The molecule has 0 bridgehead atoms. The van der Waals surface area contributed by atoms with Gasteiger partial charge in [0.25, 0.3) is 0 Å². The predicted molar refractivity (Wildman–Crippen MR) is 103 cm³/mol. The maximum atomic E-state index is 13.3. The number of aliphatic hydroxyl groups is 1. The summed E-state index contributed by atoms with van der Waals surface area (Å²) < 4.78 is 0. The molecule has 26 heavy (non-hydrogen) atoms. The Bertz CT molecular complexity index is 731. The van der Waals surface area contributed by atoms with Gasteiger partial charge in [0.15, 0.2) is 0 Å². The van der Waals surface area contributed by atoms with Crippen LogP contribution in [0.4, 0.5) is 0 Å². The lowest BCUT2D eigenvalue weighted by Crippen LogP contribution is -2.53. The fraction of sp³-hybridized carbons (Fsp3) is 0.435. The van der Waals surface area contributed by atoms with Crippen molar-refractivity contribution in [3.05, 3.63) is 71.8 Å². The van der Waals surface area contributed by atoms with Gasteiger partial charge in [0.1, 0.15) is 0 Å². The minimum absolute atomic E-state index is 0.232. The molecule has 2 fully saturated rings. The summed E-state index contributed by atoms with van der Waals surface area (Å²) in [5.41, 5.74) is 1.85. The van der Waals surface area contributed by atoms with Crippen LogP contribution in [0.25, 0.3) is 0 Å². The first-order valence-corrected chi connectivity index (χ1v) is 9.79. The molecule has 0 radical (unpaired) electrons. The molecule has 1 heterocycles. The van der Waals surface area contributed by atoms with Crippen LogP contribution in [-0.4, -0.2) is 29.0 Å². The molecule has 1 N–H and O–H groups in total. The fourth-order valence-electron chi connectivity index (χ4n) is 4.56. The second-order valence-corrected chi connectivity index (χ2v) is 7.79. The zero-order valence-electron chi connectivity index (χ0n) is 15.2. The molecule has 0 spiro atoms. The molecule has 1 atom stereocenters. The van der Waals surface area contributed by atoms with Gasteiger partial charge in [0.2, 0.25) is 5.91 Å². The number of hydrogen-bond acceptors (Lipinski definition) is 2. The summed E-state index contributed by atoms with van der Waals surface area (Å²) >= 11 is 0. The number of benzene rings is 2. The van der Waals surface area contributed by atoms with Crippen LogP contribution in [0.3, 0.4) is 0 Å². The summed E-state index contributed by atoms with van der Waals surface area (Å²) in [5, 5.41) is 10.7. The van der Waals surface area contributed by atoms with E-state index in [0.717, 1.165) is 50.8 Å². The molecule has 0 aromatic heterocycles. The Morgan fingerprint density at radius 1 is 0.962 bits per heavy atom. The molecule has 3 nitrogen and oxygen atoms in total. The summed E-state index contributed by atoms with van der Waals surface area (Å²) in [6.07, 6.45) is 4.36. The molecular weight excluding hydrogens is 322 g/mol. The monoisotopic (exact) mass is 349 g/mol. The van der Waals surface area contributed by atoms with Crippen molar-refractivity contribution in [3.63, 3.8) is 0 Å². The third kappa shape index (κ3) is 3.05. The molecular formula is C23H27NO2. The number of carbonyl (C=O) groups excluding carboxylic acids is 1. The lowest BCUT2D eigenvalue weighted by molar-refractivity contribution is -0.143. The van der Waals surface area contributed by atoms with Gasteiger partial charge in [0.05, 0.1) is 11.5 Å². The second kappa shape index (κ2) is 7.24. The van der Waals surface area contributed by atoms with Crippen LogP contribution in [-0.2, 0) is 10.2 Å². The highest BCUT2D eigenvalue weighted by Gasteiger charge is 2.48. The minimum atomic E-state index is -0.430. The van der Waals surface area contributed by atoms with Crippen LogP contribution in [0.1, 0.15) is 49.3 Å². The van der Waals surface area contributed by atoms with Crippen LogP contribution in [0.2, 0.25) is 0 Å². The normalized spacial score (nSPS) is 21.0. The fourth-order valence-corrected chi connectivity index (χ4v) is 4.56. The summed E-state index contributed by atoms with van der Waals surface area (Å²) in [6, 6.07) is 20.2. The molecule has 1 unspecified atom stereocenters. The summed E-state index contributed by atoms with van der Waals surface area (Å²) in [4.78, 5) is 15.4. The van der Waals surface area contributed by atoms with Gasteiger partial charge in [-0.25, -0.2) is 0 Å². The standard InChI is InChI=1S/C23H27NO2/c25-21(18-8-3-1-4-9-18)19-12-16-24(17-13-19)22(26)23(14-7-15-23)20-10-5-2-6-11-20/h1-6,8-11,19,21,25H,7,12-17H2. The Hall–Kier alpha value is -2.13. The average molecular weight is 349 g/mol. The highest BCUT2D eigenvalue weighted by atomic mass is 16.3. The van der Waals surface area contributed by atoms with Crippen LogP contribution in [0.15, 0.2) is 60.7 Å². The van der Waals surface area contributed by atoms with Gasteiger partial charge in [-0.05, 0) is 42.7 Å². The van der Waals surface area contributed by atoms with Gasteiger partial charge in [-0.15, -0.1) is 0 Å². The molecule has 1 aliphatic carbocycles. The van der Waals surface area contributed by atoms with Gasteiger partial charge in [0, 0.05) is 13.1 Å². The SMILES string of the molecule is O=C(N1CCC(C(O)c2ccccc2)CC1)C1(c2ccccc2)CCC1. The molecule has 2 aromatic carbocycles. The largest absolute Gasteiger partial charge is 0.388 e. The number of likely N-dealkylation sites (tertiary alicyclic amines) is 1. The topological polar surface area (TPSA) is 40.5 Å². The Morgan fingerprint density at radius 2 is 1.54 bits per heavy atom.